The minimum absolute atomic E-state index is 0.0338. The average Bonchev–Trinajstić information content (AvgIpc) is 3.01. The standard InChI is InChI=1S/C37H72NO8P/c1-6-8-10-12-14-16-17-18-19-20-21-22-24-26-28-30-37(40)46-35(34-45-47(41,42)44-32-31-38(3,4)5)33-43-36(39)29-27-25-23-15-13-11-9-7-2/h12,14,35H,6-11,13,15-34H2,1-5H3/p+1/b14-12+/t35-/m1/s1. The first kappa shape index (κ1) is 45.8. The summed E-state index contributed by atoms with van der Waals surface area (Å²) < 4.78 is 34.1. The molecule has 278 valence electrons. The fourth-order valence-corrected chi connectivity index (χ4v) is 5.74. The lowest BCUT2D eigenvalue weighted by atomic mass is 10.1. The van der Waals surface area contributed by atoms with E-state index >= 15 is 0 Å². The lowest BCUT2D eigenvalue weighted by Crippen LogP contribution is -2.37. The van der Waals surface area contributed by atoms with Gasteiger partial charge in [0, 0.05) is 12.8 Å². The fraction of sp³-hybridized carbons (Fsp3) is 0.892. The maximum absolute atomic E-state index is 12.6. The van der Waals surface area contributed by atoms with Crippen molar-refractivity contribution in [1.82, 2.24) is 0 Å². The number of hydrogen-bond acceptors (Lipinski definition) is 7. The zero-order valence-corrected chi connectivity index (χ0v) is 31.9. The first-order chi connectivity index (χ1) is 22.5. The SMILES string of the molecule is CCCC/C=C/CCCCCCCCCCCC(=O)O[C@H](COC(=O)CCCCCCCCCC)COP(=O)(O)OCC[N+](C)(C)C. The van der Waals surface area contributed by atoms with Crippen molar-refractivity contribution in [2.24, 2.45) is 0 Å². The molecule has 0 bridgehead atoms. The summed E-state index contributed by atoms with van der Waals surface area (Å²) in [5, 5.41) is 0. The Kier molecular flexibility index (Phi) is 30.0. The molecular formula is C37H73NO8P+. The van der Waals surface area contributed by atoms with Crippen LogP contribution in [0.25, 0.3) is 0 Å². The molecule has 2 atom stereocenters. The third-order valence-electron chi connectivity index (χ3n) is 8.05. The van der Waals surface area contributed by atoms with Crippen LogP contribution in [0.4, 0.5) is 0 Å². The summed E-state index contributed by atoms with van der Waals surface area (Å²) in [4.78, 5) is 35.0. The van der Waals surface area contributed by atoms with E-state index in [9.17, 15) is 19.0 Å². The van der Waals surface area contributed by atoms with Crippen molar-refractivity contribution in [3.63, 3.8) is 0 Å². The minimum Gasteiger partial charge on any atom is -0.462 e. The number of likely N-dealkylation sites (N-methyl/N-ethyl adjacent to an activating group) is 1. The Morgan fingerprint density at radius 2 is 1.11 bits per heavy atom. The molecule has 10 heteroatoms. The van der Waals surface area contributed by atoms with E-state index in [1.165, 1.54) is 89.9 Å². The Bertz CT molecular complexity index is 830. The maximum Gasteiger partial charge on any atom is 0.472 e. The zero-order valence-electron chi connectivity index (χ0n) is 31.0. The first-order valence-corrected chi connectivity index (χ1v) is 20.4. The number of quaternary nitrogens is 1. The van der Waals surface area contributed by atoms with Gasteiger partial charge in [0.1, 0.15) is 19.8 Å². The predicted molar refractivity (Wildman–Crippen MR) is 192 cm³/mol. The van der Waals surface area contributed by atoms with E-state index in [2.05, 4.69) is 26.0 Å². The number of carbonyl (C=O) groups is 2. The van der Waals surface area contributed by atoms with Crippen LogP contribution in [-0.4, -0.2) is 74.9 Å². The Hall–Kier alpha value is -1.25. The molecule has 0 rings (SSSR count). The van der Waals surface area contributed by atoms with Crippen molar-refractivity contribution in [2.75, 3.05) is 47.5 Å². The maximum atomic E-state index is 12.6. The lowest BCUT2D eigenvalue weighted by Gasteiger charge is -2.24. The number of carbonyl (C=O) groups excluding carboxylic acids is 2. The van der Waals surface area contributed by atoms with Crippen molar-refractivity contribution < 1.29 is 42.1 Å². The Labute approximate surface area is 288 Å². The van der Waals surface area contributed by atoms with Crippen LogP contribution in [0.1, 0.15) is 162 Å². The molecular weight excluding hydrogens is 617 g/mol. The lowest BCUT2D eigenvalue weighted by molar-refractivity contribution is -0.870. The number of hydrogen-bond donors (Lipinski definition) is 1. The molecule has 47 heavy (non-hydrogen) atoms. The van der Waals surface area contributed by atoms with Crippen LogP contribution in [-0.2, 0) is 32.7 Å². The monoisotopic (exact) mass is 691 g/mol. The average molecular weight is 691 g/mol. The van der Waals surface area contributed by atoms with Gasteiger partial charge in [-0.2, -0.15) is 0 Å². The van der Waals surface area contributed by atoms with Crippen LogP contribution in [0.15, 0.2) is 12.2 Å². The number of esters is 2. The van der Waals surface area contributed by atoms with E-state index in [1.807, 2.05) is 21.1 Å². The molecule has 1 N–H and O–H groups in total. The molecule has 0 aromatic rings. The van der Waals surface area contributed by atoms with Gasteiger partial charge in [-0.25, -0.2) is 4.57 Å². The molecule has 0 aliphatic rings. The molecule has 0 amide bonds. The molecule has 0 saturated heterocycles. The number of phosphoric ester groups is 1. The normalized spacial score (nSPS) is 13.9. The highest BCUT2D eigenvalue weighted by Gasteiger charge is 2.27. The van der Waals surface area contributed by atoms with Crippen molar-refractivity contribution in [1.29, 1.82) is 0 Å². The third kappa shape index (κ3) is 34.4. The predicted octanol–water partition coefficient (Wildman–Crippen LogP) is 9.85. The summed E-state index contributed by atoms with van der Waals surface area (Å²) >= 11 is 0. The molecule has 0 spiro atoms. The number of rotatable bonds is 34. The van der Waals surface area contributed by atoms with Gasteiger partial charge in [-0.15, -0.1) is 0 Å². The van der Waals surface area contributed by atoms with Crippen LogP contribution in [0.3, 0.4) is 0 Å². The molecule has 1 unspecified atom stereocenters. The summed E-state index contributed by atoms with van der Waals surface area (Å²) in [6.07, 6.45) is 28.3. The second kappa shape index (κ2) is 30.8. The van der Waals surface area contributed by atoms with Crippen LogP contribution in [0.2, 0.25) is 0 Å². The Balaban J connectivity index is 4.39. The molecule has 0 aliphatic carbocycles. The molecule has 0 radical (unpaired) electrons. The van der Waals surface area contributed by atoms with Gasteiger partial charge in [0.2, 0.25) is 0 Å². The summed E-state index contributed by atoms with van der Waals surface area (Å²) in [5.41, 5.74) is 0. The van der Waals surface area contributed by atoms with Gasteiger partial charge in [-0.3, -0.25) is 18.6 Å². The summed E-state index contributed by atoms with van der Waals surface area (Å²) in [5.74, 6) is -0.803. The zero-order chi connectivity index (χ0) is 35.1. The van der Waals surface area contributed by atoms with Gasteiger partial charge in [-0.1, -0.05) is 129 Å². The van der Waals surface area contributed by atoms with Crippen molar-refractivity contribution in [3.05, 3.63) is 12.2 Å². The van der Waals surface area contributed by atoms with Crippen molar-refractivity contribution >= 4 is 19.8 Å². The number of phosphoric acid groups is 1. The van der Waals surface area contributed by atoms with Crippen LogP contribution < -0.4 is 0 Å². The number of nitrogens with zero attached hydrogens (tertiary/aromatic N) is 1. The van der Waals surface area contributed by atoms with Gasteiger partial charge < -0.3 is 18.9 Å². The minimum atomic E-state index is -4.36. The first-order valence-electron chi connectivity index (χ1n) is 18.9. The summed E-state index contributed by atoms with van der Waals surface area (Å²) in [6.45, 7) is 4.35. The molecule has 0 aliphatic heterocycles. The van der Waals surface area contributed by atoms with Crippen molar-refractivity contribution in [3.8, 4) is 0 Å². The van der Waals surface area contributed by atoms with E-state index in [4.69, 9.17) is 18.5 Å². The van der Waals surface area contributed by atoms with Crippen LogP contribution >= 0.6 is 7.82 Å². The second-order valence-corrected chi connectivity index (χ2v) is 15.4. The summed E-state index contributed by atoms with van der Waals surface area (Å²) in [6, 6.07) is 0. The molecule has 0 heterocycles. The second-order valence-electron chi connectivity index (χ2n) is 14.0. The molecule has 0 fully saturated rings. The highest BCUT2D eigenvalue weighted by molar-refractivity contribution is 7.47. The smallest absolute Gasteiger partial charge is 0.462 e. The third-order valence-corrected chi connectivity index (χ3v) is 9.03. The van der Waals surface area contributed by atoms with Crippen molar-refractivity contribution in [2.45, 2.75) is 168 Å². The van der Waals surface area contributed by atoms with Crippen LogP contribution in [0, 0.1) is 0 Å². The largest absolute Gasteiger partial charge is 0.472 e. The summed E-state index contributed by atoms with van der Waals surface area (Å²) in [7, 11) is 1.48. The number of ether oxygens (including phenoxy) is 2. The number of unbranched alkanes of at least 4 members (excludes halogenated alkanes) is 18. The van der Waals surface area contributed by atoms with Gasteiger partial charge >= 0.3 is 19.8 Å². The molecule has 0 saturated carbocycles. The molecule has 0 aromatic heterocycles. The van der Waals surface area contributed by atoms with E-state index in [1.54, 1.807) is 0 Å². The van der Waals surface area contributed by atoms with Gasteiger partial charge in [0.25, 0.3) is 0 Å². The number of allylic oxidation sites excluding steroid dienone is 2. The fourth-order valence-electron chi connectivity index (χ4n) is 4.99. The Morgan fingerprint density at radius 3 is 1.64 bits per heavy atom. The highest BCUT2D eigenvalue weighted by atomic mass is 31.2. The van der Waals surface area contributed by atoms with E-state index in [0.29, 0.717) is 23.9 Å². The van der Waals surface area contributed by atoms with Gasteiger partial charge in [0.15, 0.2) is 6.10 Å². The topological polar surface area (TPSA) is 108 Å². The Morgan fingerprint density at radius 1 is 0.638 bits per heavy atom. The van der Waals surface area contributed by atoms with Gasteiger partial charge in [0.05, 0.1) is 27.7 Å². The van der Waals surface area contributed by atoms with Gasteiger partial charge in [-0.05, 0) is 32.1 Å². The molecule has 0 aromatic carbocycles. The molecule has 9 nitrogen and oxygen atoms in total. The van der Waals surface area contributed by atoms with E-state index in [0.717, 1.165) is 38.5 Å². The highest BCUT2D eigenvalue weighted by Crippen LogP contribution is 2.43. The van der Waals surface area contributed by atoms with E-state index in [-0.39, 0.29) is 25.6 Å². The van der Waals surface area contributed by atoms with E-state index < -0.39 is 26.5 Å². The quantitative estimate of drug-likeness (QED) is 0.0234. The van der Waals surface area contributed by atoms with Crippen LogP contribution in [0.5, 0.6) is 0 Å².